The third-order valence-electron chi connectivity index (χ3n) is 2.96. The molecule has 6 heteroatoms. The van der Waals surface area contributed by atoms with Crippen LogP contribution >= 0.6 is 0 Å². The van der Waals surface area contributed by atoms with Crippen LogP contribution in [-0.2, 0) is 16.1 Å². The number of benzene rings is 2. The second-order valence-corrected chi connectivity index (χ2v) is 4.43. The van der Waals surface area contributed by atoms with Crippen molar-refractivity contribution in [2.75, 3.05) is 12.4 Å². The Hall–Kier alpha value is -2.89. The van der Waals surface area contributed by atoms with Gasteiger partial charge in [0, 0.05) is 12.1 Å². The van der Waals surface area contributed by atoms with E-state index < -0.39 is 17.6 Å². The van der Waals surface area contributed by atoms with Gasteiger partial charge in [-0.1, -0.05) is 30.3 Å². The fourth-order valence-corrected chi connectivity index (χ4v) is 1.85. The first-order valence-electron chi connectivity index (χ1n) is 6.57. The molecule has 0 radical (unpaired) electrons. The zero-order chi connectivity index (χ0) is 15.9. The first kappa shape index (κ1) is 15.5. The average molecular weight is 302 g/mol. The normalized spacial score (nSPS) is 9.91. The molecular formula is C16H15FN2O3. The second-order valence-electron chi connectivity index (χ2n) is 4.43. The molecule has 22 heavy (non-hydrogen) atoms. The molecule has 0 fully saturated rings. The molecule has 0 aliphatic rings. The van der Waals surface area contributed by atoms with Gasteiger partial charge in [-0.15, -0.1) is 0 Å². The van der Waals surface area contributed by atoms with Crippen LogP contribution in [0.5, 0.6) is 5.75 Å². The predicted molar refractivity (Wildman–Crippen MR) is 79.9 cm³/mol. The van der Waals surface area contributed by atoms with Crippen LogP contribution in [0.25, 0.3) is 0 Å². The molecule has 0 atom stereocenters. The van der Waals surface area contributed by atoms with Gasteiger partial charge in [0.15, 0.2) is 0 Å². The van der Waals surface area contributed by atoms with Crippen LogP contribution in [-0.4, -0.2) is 18.9 Å². The first-order chi connectivity index (χ1) is 10.6. The number of ether oxygens (including phenoxy) is 1. The van der Waals surface area contributed by atoms with Gasteiger partial charge in [-0.25, -0.2) is 4.39 Å². The molecule has 0 heterocycles. The number of carbonyl (C=O) groups excluding carboxylic acids is 2. The molecule has 2 rings (SSSR count). The molecule has 0 aliphatic carbocycles. The number of rotatable bonds is 4. The molecule has 0 aliphatic heterocycles. The molecule has 0 saturated heterocycles. The molecule has 0 spiro atoms. The quantitative estimate of drug-likeness (QED) is 0.850. The predicted octanol–water partition coefficient (Wildman–Crippen LogP) is 2.09. The van der Waals surface area contributed by atoms with Crippen molar-refractivity contribution < 1.29 is 18.7 Å². The monoisotopic (exact) mass is 302 g/mol. The summed E-state index contributed by atoms with van der Waals surface area (Å²) in [4.78, 5) is 23.5. The topological polar surface area (TPSA) is 67.4 Å². The fraction of sp³-hybridized carbons (Fsp3) is 0.125. The van der Waals surface area contributed by atoms with Gasteiger partial charge in [-0.3, -0.25) is 9.59 Å². The highest BCUT2D eigenvalue weighted by molar-refractivity contribution is 6.39. The zero-order valence-corrected chi connectivity index (χ0v) is 11.9. The molecular weight excluding hydrogens is 287 g/mol. The lowest BCUT2D eigenvalue weighted by Crippen LogP contribution is -2.35. The van der Waals surface area contributed by atoms with E-state index in [1.54, 1.807) is 30.3 Å². The number of hydrogen-bond donors (Lipinski definition) is 2. The third-order valence-corrected chi connectivity index (χ3v) is 2.96. The lowest BCUT2D eigenvalue weighted by atomic mass is 10.2. The van der Waals surface area contributed by atoms with Crippen LogP contribution in [0.15, 0.2) is 48.5 Å². The Morgan fingerprint density at radius 3 is 2.45 bits per heavy atom. The first-order valence-corrected chi connectivity index (χ1v) is 6.57. The van der Waals surface area contributed by atoms with Crippen LogP contribution in [0.2, 0.25) is 0 Å². The Bertz CT molecular complexity index is 689. The van der Waals surface area contributed by atoms with Gasteiger partial charge in [0.25, 0.3) is 0 Å². The Morgan fingerprint density at radius 2 is 1.73 bits per heavy atom. The van der Waals surface area contributed by atoms with E-state index >= 15 is 0 Å². The summed E-state index contributed by atoms with van der Waals surface area (Å²) >= 11 is 0. The van der Waals surface area contributed by atoms with Gasteiger partial charge in [0.1, 0.15) is 11.6 Å². The fourth-order valence-electron chi connectivity index (χ4n) is 1.85. The minimum atomic E-state index is -0.931. The van der Waals surface area contributed by atoms with Gasteiger partial charge >= 0.3 is 11.8 Å². The molecule has 0 unspecified atom stereocenters. The lowest BCUT2D eigenvalue weighted by Gasteiger charge is -2.10. The van der Waals surface area contributed by atoms with Crippen molar-refractivity contribution in [2.45, 2.75) is 6.54 Å². The summed E-state index contributed by atoms with van der Waals surface area (Å²) in [6.45, 7) is 0.132. The molecule has 2 aromatic carbocycles. The molecule has 2 aromatic rings. The van der Waals surface area contributed by atoms with Gasteiger partial charge in [0.2, 0.25) is 0 Å². The van der Waals surface area contributed by atoms with Gasteiger partial charge in [0.05, 0.1) is 12.8 Å². The van der Waals surface area contributed by atoms with E-state index in [4.69, 9.17) is 4.74 Å². The third kappa shape index (κ3) is 3.82. The van der Waals surface area contributed by atoms with E-state index in [-0.39, 0.29) is 12.2 Å². The number of amides is 2. The molecule has 0 bridgehead atoms. The summed E-state index contributed by atoms with van der Waals surface area (Å²) in [5.41, 5.74) is 0.692. The van der Waals surface area contributed by atoms with Gasteiger partial charge in [-0.05, 0) is 18.2 Å². The number of para-hydroxylation sites is 2. The second kappa shape index (κ2) is 7.21. The number of nitrogens with one attached hydrogen (secondary N) is 2. The van der Waals surface area contributed by atoms with Crippen molar-refractivity contribution in [3.05, 3.63) is 59.9 Å². The Balaban J connectivity index is 1.95. The van der Waals surface area contributed by atoms with E-state index in [1.807, 2.05) is 0 Å². The van der Waals surface area contributed by atoms with Crippen molar-refractivity contribution in [1.29, 1.82) is 0 Å². The highest BCUT2D eigenvalue weighted by Crippen LogP contribution is 2.16. The SMILES string of the molecule is COc1ccccc1CNC(=O)C(=O)Nc1ccccc1F. The largest absolute Gasteiger partial charge is 0.496 e. The van der Waals surface area contributed by atoms with Gasteiger partial charge in [-0.2, -0.15) is 0 Å². The number of methoxy groups -OCH3 is 1. The minimum Gasteiger partial charge on any atom is -0.496 e. The van der Waals surface area contributed by atoms with Crippen LogP contribution in [0.3, 0.4) is 0 Å². The van der Waals surface area contributed by atoms with E-state index in [1.165, 1.54) is 25.3 Å². The van der Waals surface area contributed by atoms with E-state index in [2.05, 4.69) is 10.6 Å². The molecule has 2 N–H and O–H groups in total. The number of carbonyl (C=O) groups is 2. The van der Waals surface area contributed by atoms with Crippen molar-refractivity contribution in [2.24, 2.45) is 0 Å². The van der Waals surface area contributed by atoms with Crippen LogP contribution < -0.4 is 15.4 Å². The highest BCUT2D eigenvalue weighted by atomic mass is 19.1. The van der Waals surface area contributed by atoms with Gasteiger partial charge < -0.3 is 15.4 Å². The number of halogens is 1. The molecule has 2 amide bonds. The number of anilines is 1. The van der Waals surface area contributed by atoms with Crippen molar-refractivity contribution in [3.63, 3.8) is 0 Å². The smallest absolute Gasteiger partial charge is 0.313 e. The van der Waals surface area contributed by atoms with E-state index in [0.717, 1.165) is 5.56 Å². The molecule has 114 valence electrons. The Morgan fingerprint density at radius 1 is 1.05 bits per heavy atom. The zero-order valence-electron chi connectivity index (χ0n) is 11.9. The summed E-state index contributed by atoms with van der Waals surface area (Å²) in [5.74, 6) is -1.78. The average Bonchev–Trinajstić information content (AvgIpc) is 2.54. The molecule has 0 aromatic heterocycles. The summed E-state index contributed by atoms with van der Waals surface area (Å²) in [7, 11) is 1.52. The molecule has 5 nitrogen and oxygen atoms in total. The Labute approximate surface area is 127 Å². The van der Waals surface area contributed by atoms with E-state index in [0.29, 0.717) is 5.75 Å². The summed E-state index contributed by atoms with van der Waals surface area (Å²) in [5, 5.41) is 4.68. The maximum Gasteiger partial charge on any atom is 0.313 e. The number of hydrogen-bond acceptors (Lipinski definition) is 3. The standard InChI is InChI=1S/C16H15FN2O3/c1-22-14-9-5-2-6-11(14)10-18-15(20)16(21)19-13-8-4-3-7-12(13)17/h2-9H,10H2,1H3,(H,18,20)(H,19,21). The van der Waals surface area contributed by atoms with Crippen molar-refractivity contribution in [3.8, 4) is 5.75 Å². The van der Waals surface area contributed by atoms with Crippen LogP contribution in [0.4, 0.5) is 10.1 Å². The summed E-state index contributed by atoms with van der Waals surface area (Å²) < 4.78 is 18.5. The molecule has 0 saturated carbocycles. The maximum absolute atomic E-state index is 13.4. The van der Waals surface area contributed by atoms with Crippen LogP contribution in [0, 0.1) is 5.82 Å². The van der Waals surface area contributed by atoms with E-state index in [9.17, 15) is 14.0 Å². The lowest BCUT2D eigenvalue weighted by molar-refractivity contribution is -0.136. The minimum absolute atomic E-state index is 0.0417. The Kier molecular flexibility index (Phi) is 5.08. The van der Waals surface area contributed by atoms with Crippen molar-refractivity contribution >= 4 is 17.5 Å². The highest BCUT2D eigenvalue weighted by Gasteiger charge is 2.15. The van der Waals surface area contributed by atoms with Crippen LogP contribution in [0.1, 0.15) is 5.56 Å². The summed E-state index contributed by atoms with van der Waals surface area (Å²) in [6.07, 6.45) is 0. The van der Waals surface area contributed by atoms with Crippen molar-refractivity contribution in [1.82, 2.24) is 5.32 Å². The maximum atomic E-state index is 13.4. The summed E-state index contributed by atoms with van der Waals surface area (Å²) in [6, 6.07) is 12.7.